The molecule has 8 heteroatoms. The lowest BCUT2D eigenvalue weighted by Crippen LogP contribution is -1.89. The second-order valence-corrected chi connectivity index (χ2v) is 4.53. The molecule has 6 nitrogen and oxygen atoms in total. The third kappa shape index (κ3) is 10.3. The van der Waals surface area contributed by atoms with E-state index in [9.17, 15) is 19.7 Å². The number of carbonyl (C=O) groups is 2. The van der Waals surface area contributed by atoms with Gasteiger partial charge in [-0.3, -0.25) is 19.7 Å². The van der Waals surface area contributed by atoms with Crippen molar-refractivity contribution in [3.05, 3.63) is 34.4 Å². The van der Waals surface area contributed by atoms with Gasteiger partial charge in [0.25, 0.3) is 5.69 Å². The first kappa shape index (κ1) is 18.3. The zero-order chi connectivity index (χ0) is 15.5. The average Bonchev–Trinajstić information content (AvgIpc) is 2.35. The monoisotopic (exact) mass is 321 g/mol. The summed E-state index contributed by atoms with van der Waals surface area (Å²) >= 11 is 10.1. The van der Waals surface area contributed by atoms with Crippen LogP contribution < -0.4 is 0 Å². The van der Waals surface area contributed by atoms with Gasteiger partial charge in [0.1, 0.15) is 5.75 Å². The number of non-ortho nitro benzene ring substituents is 1. The Morgan fingerprint density at radius 3 is 1.75 bits per heavy atom. The van der Waals surface area contributed by atoms with Gasteiger partial charge in [0.15, 0.2) is 0 Å². The van der Waals surface area contributed by atoms with Crippen LogP contribution in [0.5, 0.6) is 5.75 Å². The molecule has 0 aliphatic heterocycles. The maximum atomic E-state index is 10.1. The third-order valence-corrected chi connectivity index (χ3v) is 2.44. The van der Waals surface area contributed by atoms with Crippen LogP contribution in [0.15, 0.2) is 24.3 Å². The molecule has 1 aromatic rings. The molecular weight excluding hydrogens is 309 g/mol. The fourth-order valence-corrected chi connectivity index (χ4v) is 1.37. The zero-order valence-corrected chi connectivity index (χ0v) is 11.9. The van der Waals surface area contributed by atoms with Gasteiger partial charge >= 0.3 is 0 Å². The molecular formula is C12H13Cl2NO5. The topological polar surface area (TPSA) is 97.5 Å². The van der Waals surface area contributed by atoms with Crippen molar-refractivity contribution in [1.29, 1.82) is 0 Å². The van der Waals surface area contributed by atoms with Gasteiger partial charge in [-0.25, -0.2) is 0 Å². The lowest BCUT2D eigenvalue weighted by atomic mass is 10.2. The predicted molar refractivity (Wildman–Crippen MR) is 74.9 cm³/mol. The van der Waals surface area contributed by atoms with E-state index in [-0.39, 0.29) is 21.9 Å². The second kappa shape index (κ2) is 10.2. The van der Waals surface area contributed by atoms with Crippen LogP contribution in [0.25, 0.3) is 0 Å². The Balaban J connectivity index is 0.000000361. The molecule has 0 aromatic heterocycles. The van der Waals surface area contributed by atoms with E-state index >= 15 is 0 Å². The summed E-state index contributed by atoms with van der Waals surface area (Å²) in [6.07, 6.45) is 1.93. The first-order valence-electron chi connectivity index (χ1n) is 5.63. The maximum Gasteiger partial charge on any atom is 0.269 e. The van der Waals surface area contributed by atoms with E-state index in [1.165, 1.54) is 24.3 Å². The molecule has 1 rings (SSSR count). The number of benzene rings is 1. The number of unbranched alkanes of at least 4 members (excludes halogenated alkanes) is 1. The van der Waals surface area contributed by atoms with Gasteiger partial charge in [0, 0.05) is 25.0 Å². The smallest absolute Gasteiger partial charge is 0.269 e. The SMILES string of the molecule is O=C(Cl)CCCCC(=O)Cl.O=[N+]([O-])c1ccc(O)cc1. The largest absolute Gasteiger partial charge is 0.508 e. The summed E-state index contributed by atoms with van der Waals surface area (Å²) in [5.74, 6) is 0.0330. The number of halogens is 2. The Labute approximate surface area is 125 Å². The van der Waals surface area contributed by atoms with Gasteiger partial charge < -0.3 is 5.11 Å². The van der Waals surface area contributed by atoms with Gasteiger partial charge in [-0.15, -0.1) is 0 Å². The number of hydrogen-bond acceptors (Lipinski definition) is 5. The Hall–Kier alpha value is -1.66. The lowest BCUT2D eigenvalue weighted by molar-refractivity contribution is -0.384. The molecule has 0 atom stereocenters. The van der Waals surface area contributed by atoms with E-state index in [1.807, 2.05) is 0 Å². The molecule has 110 valence electrons. The van der Waals surface area contributed by atoms with E-state index in [2.05, 4.69) is 0 Å². The molecule has 0 fully saturated rings. The Kier molecular flexibility index (Phi) is 9.32. The summed E-state index contributed by atoms with van der Waals surface area (Å²) in [6, 6.07) is 5.04. The van der Waals surface area contributed by atoms with Crippen LogP contribution in [0, 0.1) is 10.1 Å². The zero-order valence-electron chi connectivity index (χ0n) is 10.4. The molecule has 0 amide bonds. The highest BCUT2D eigenvalue weighted by molar-refractivity contribution is 6.63. The van der Waals surface area contributed by atoms with Gasteiger partial charge in [-0.05, 0) is 48.2 Å². The number of aromatic hydroxyl groups is 1. The van der Waals surface area contributed by atoms with Crippen LogP contribution in [0.3, 0.4) is 0 Å². The molecule has 0 spiro atoms. The lowest BCUT2D eigenvalue weighted by Gasteiger charge is -1.91. The molecule has 20 heavy (non-hydrogen) atoms. The minimum atomic E-state index is -0.514. The summed E-state index contributed by atoms with van der Waals surface area (Å²) in [5.41, 5.74) is -0.0159. The third-order valence-electron chi connectivity index (χ3n) is 2.06. The minimum absolute atomic E-state index is 0.0159. The van der Waals surface area contributed by atoms with Crippen molar-refractivity contribution in [2.24, 2.45) is 0 Å². The van der Waals surface area contributed by atoms with Crippen LogP contribution in [0.1, 0.15) is 25.7 Å². The quantitative estimate of drug-likeness (QED) is 0.375. The molecule has 0 heterocycles. The number of phenolic OH excluding ortho intramolecular Hbond substituents is 1. The molecule has 0 unspecified atom stereocenters. The average molecular weight is 322 g/mol. The van der Waals surface area contributed by atoms with E-state index in [4.69, 9.17) is 28.3 Å². The van der Waals surface area contributed by atoms with Crippen LogP contribution in [-0.2, 0) is 9.59 Å². The van der Waals surface area contributed by atoms with Gasteiger partial charge in [-0.1, -0.05) is 0 Å². The number of rotatable bonds is 6. The second-order valence-electron chi connectivity index (χ2n) is 3.69. The fraction of sp³-hybridized carbons (Fsp3) is 0.333. The highest BCUT2D eigenvalue weighted by Gasteiger charge is 2.01. The number of nitro benzene ring substituents is 1. The van der Waals surface area contributed by atoms with Crippen LogP contribution in [0.2, 0.25) is 0 Å². The van der Waals surface area contributed by atoms with Gasteiger partial charge in [0.05, 0.1) is 4.92 Å². The highest BCUT2D eigenvalue weighted by atomic mass is 35.5. The Morgan fingerprint density at radius 1 is 1.05 bits per heavy atom. The number of nitrogens with zero attached hydrogens (tertiary/aromatic N) is 1. The van der Waals surface area contributed by atoms with Crippen molar-refractivity contribution >= 4 is 39.4 Å². The van der Waals surface area contributed by atoms with Gasteiger partial charge in [-0.2, -0.15) is 0 Å². The summed E-state index contributed by atoms with van der Waals surface area (Å²) in [4.78, 5) is 29.8. The number of carbonyl (C=O) groups excluding carboxylic acids is 2. The normalized spacial score (nSPS) is 9.30. The molecule has 0 bridgehead atoms. The van der Waals surface area contributed by atoms with E-state index in [0.717, 1.165) is 0 Å². The van der Waals surface area contributed by atoms with Crippen LogP contribution in [0.4, 0.5) is 5.69 Å². The number of hydrogen-bond donors (Lipinski definition) is 1. The molecule has 0 aliphatic carbocycles. The predicted octanol–water partition coefficient (Wildman–Crippen LogP) is 3.38. The first-order valence-corrected chi connectivity index (χ1v) is 6.38. The van der Waals surface area contributed by atoms with E-state index < -0.39 is 4.92 Å². The van der Waals surface area contributed by atoms with Crippen molar-refractivity contribution < 1.29 is 19.6 Å². The minimum Gasteiger partial charge on any atom is -0.508 e. The van der Waals surface area contributed by atoms with Crippen LogP contribution in [-0.4, -0.2) is 20.5 Å². The molecule has 0 aliphatic rings. The number of nitro groups is 1. The fourth-order valence-electron chi connectivity index (χ4n) is 1.10. The molecule has 1 N–H and O–H groups in total. The summed E-state index contributed by atoms with van der Waals surface area (Å²) in [7, 11) is 0. The van der Waals surface area contributed by atoms with Crippen molar-refractivity contribution in [2.45, 2.75) is 25.7 Å². The standard InChI is InChI=1S/C6H8Cl2O2.C6H5NO3/c7-5(9)3-1-2-4-6(8)10;8-6-3-1-5(2-4-6)7(9)10/h1-4H2;1-4,8H. The van der Waals surface area contributed by atoms with Crippen molar-refractivity contribution in [2.75, 3.05) is 0 Å². The van der Waals surface area contributed by atoms with E-state index in [1.54, 1.807) is 0 Å². The number of phenols is 1. The van der Waals surface area contributed by atoms with Gasteiger partial charge in [0.2, 0.25) is 10.5 Å². The Morgan fingerprint density at radius 2 is 1.45 bits per heavy atom. The molecule has 0 saturated carbocycles. The van der Waals surface area contributed by atoms with E-state index in [0.29, 0.717) is 25.7 Å². The maximum absolute atomic E-state index is 10.1. The summed E-state index contributed by atoms with van der Waals surface area (Å²) < 4.78 is 0. The molecule has 1 aromatic carbocycles. The highest BCUT2D eigenvalue weighted by Crippen LogP contribution is 2.14. The first-order chi connectivity index (χ1) is 9.32. The Bertz CT molecular complexity index is 445. The summed E-state index contributed by atoms with van der Waals surface area (Å²) in [5, 5.41) is 18.0. The summed E-state index contributed by atoms with van der Waals surface area (Å²) in [6.45, 7) is 0. The van der Waals surface area contributed by atoms with Crippen molar-refractivity contribution in [3.8, 4) is 5.75 Å². The molecule has 0 radical (unpaired) electrons. The van der Waals surface area contributed by atoms with Crippen LogP contribution >= 0.6 is 23.2 Å². The van der Waals surface area contributed by atoms with Crippen molar-refractivity contribution in [3.63, 3.8) is 0 Å². The van der Waals surface area contributed by atoms with Crippen molar-refractivity contribution in [1.82, 2.24) is 0 Å². The molecule has 0 saturated heterocycles.